The van der Waals surface area contributed by atoms with Crippen LogP contribution in [0.4, 0.5) is 17.1 Å². The SMILES string of the molecule is c1ccc(-c2ccc(-c3ccc(N(c4ccc(-c5cccc6c5oc5ccccc56)cc4)c4ccc(-n5c6ccccc6c6ccccc65)cc4)cc3)cc2)cc1. The molecule has 3 heteroatoms. The molecule has 9 aromatic carbocycles. The van der Waals surface area contributed by atoms with Crippen LogP contribution in [-0.4, -0.2) is 4.57 Å². The summed E-state index contributed by atoms with van der Waals surface area (Å²) in [4.78, 5) is 2.34. The minimum atomic E-state index is 0.905. The summed E-state index contributed by atoms with van der Waals surface area (Å²) in [6, 6.07) is 78.0. The Labute approximate surface area is 330 Å². The molecule has 2 aromatic heterocycles. The Balaban J connectivity index is 0.985. The van der Waals surface area contributed by atoms with E-state index in [1.165, 1.54) is 44.1 Å². The van der Waals surface area contributed by atoms with Gasteiger partial charge in [-0.3, -0.25) is 0 Å². The molecule has 3 nitrogen and oxygen atoms in total. The van der Waals surface area contributed by atoms with Crippen molar-refractivity contribution in [3.05, 3.63) is 218 Å². The van der Waals surface area contributed by atoms with Crippen LogP contribution in [0.25, 0.3) is 82.8 Å². The molecule has 0 spiro atoms. The van der Waals surface area contributed by atoms with Crippen LogP contribution in [0.2, 0.25) is 0 Å². The van der Waals surface area contributed by atoms with Gasteiger partial charge < -0.3 is 13.9 Å². The van der Waals surface area contributed by atoms with E-state index < -0.39 is 0 Å². The van der Waals surface area contributed by atoms with Crippen LogP contribution in [0.1, 0.15) is 0 Å². The molecule has 2 heterocycles. The van der Waals surface area contributed by atoms with Crippen molar-refractivity contribution in [3.8, 4) is 39.1 Å². The van der Waals surface area contributed by atoms with Gasteiger partial charge in [0.1, 0.15) is 11.2 Å². The van der Waals surface area contributed by atoms with E-state index in [9.17, 15) is 0 Å². The van der Waals surface area contributed by atoms with E-state index in [0.29, 0.717) is 0 Å². The van der Waals surface area contributed by atoms with Gasteiger partial charge in [0, 0.05) is 49.9 Å². The number of furan rings is 1. The largest absolute Gasteiger partial charge is 0.455 e. The molecule has 0 aliphatic rings. The van der Waals surface area contributed by atoms with E-state index in [2.05, 4.69) is 216 Å². The Bertz CT molecular complexity index is 3140. The highest BCUT2D eigenvalue weighted by Crippen LogP contribution is 2.40. The van der Waals surface area contributed by atoms with Crippen molar-refractivity contribution in [1.82, 2.24) is 4.57 Å². The van der Waals surface area contributed by atoms with E-state index in [0.717, 1.165) is 55.8 Å². The molecule has 268 valence electrons. The molecule has 0 N–H and O–H groups in total. The first-order valence-electron chi connectivity index (χ1n) is 19.4. The first kappa shape index (κ1) is 32.8. The summed E-state index contributed by atoms with van der Waals surface area (Å²) in [6.07, 6.45) is 0. The van der Waals surface area contributed by atoms with Gasteiger partial charge in [-0.15, -0.1) is 0 Å². The second kappa shape index (κ2) is 13.6. The second-order valence-electron chi connectivity index (χ2n) is 14.5. The van der Waals surface area contributed by atoms with Gasteiger partial charge in [0.25, 0.3) is 0 Å². The fraction of sp³-hybridized carbons (Fsp3) is 0. The van der Waals surface area contributed by atoms with E-state index in [-0.39, 0.29) is 0 Å². The summed E-state index contributed by atoms with van der Waals surface area (Å²) in [5.41, 5.74) is 15.6. The minimum Gasteiger partial charge on any atom is -0.455 e. The van der Waals surface area contributed by atoms with Gasteiger partial charge in [-0.05, 0) is 94.5 Å². The highest BCUT2D eigenvalue weighted by Gasteiger charge is 2.17. The molecule has 0 bridgehead atoms. The maximum atomic E-state index is 6.41. The van der Waals surface area contributed by atoms with Crippen molar-refractivity contribution in [3.63, 3.8) is 0 Å². The zero-order chi connectivity index (χ0) is 37.7. The van der Waals surface area contributed by atoms with Gasteiger partial charge in [0.2, 0.25) is 0 Å². The van der Waals surface area contributed by atoms with Crippen LogP contribution in [0.15, 0.2) is 223 Å². The van der Waals surface area contributed by atoms with Crippen LogP contribution in [-0.2, 0) is 0 Å². The lowest BCUT2D eigenvalue weighted by Crippen LogP contribution is -2.10. The van der Waals surface area contributed by atoms with E-state index in [1.807, 2.05) is 12.1 Å². The number of para-hydroxylation sites is 4. The highest BCUT2D eigenvalue weighted by atomic mass is 16.3. The van der Waals surface area contributed by atoms with Crippen molar-refractivity contribution in [2.45, 2.75) is 0 Å². The molecule has 0 aliphatic carbocycles. The number of nitrogens with zero attached hydrogens (tertiary/aromatic N) is 2. The van der Waals surface area contributed by atoms with E-state index in [4.69, 9.17) is 4.42 Å². The van der Waals surface area contributed by atoms with Crippen molar-refractivity contribution >= 4 is 60.8 Å². The van der Waals surface area contributed by atoms with Crippen molar-refractivity contribution in [2.75, 3.05) is 4.90 Å². The van der Waals surface area contributed by atoms with Gasteiger partial charge in [-0.25, -0.2) is 0 Å². The molecule has 0 aliphatic heterocycles. The Morgan fingerprint density at radius 3 is 1.35 bits per heavy atom. The van der Waals surface area contributed by atoms with Crippen LogP contribution in [0.3, 0.4) is 0 Å². The summed E-state index contributed by atoms with van der Waals surface area (Å²) in [5.74, 6) is 0. The predicted octanol–water partition coefficient (Wildman–Crippen LogP) is 15.2. The predicted molar refractivity (Wildman–Crippen MR) is 239 cm³/mol. The van der Waals surface area contributed by atoms with E-state index >= 15 is 0 Å². The van der Waals surface area contributed by atoms with Gasteiger partial charge in [-0.2, -0.15) is 0 Å². The van der Waals surface area contributed by atoms with Crippen molar-refractivity contribution < 1.29 is 4.42 Å². The number of aromatic nitrogens is 1. The summed E-state index contributed by atoms with van der Waals surface area (Å²) in [5, 5.41) is 4.78. The molecule has 0 amide bonds. The fourth-order valence-corrected chi connectivity index (χ4v) is 8.45. The first-order chi connectivity index (χ1) is 28.3. The van der Waals surface area contributed by atoms with Gasteiger partial charge in [0.15, 0.2) is 0 Å². The van der Waals surface area contributed by atoms with Gasteiger partial charge in [0.05, 0.1) is 11.0 Å². The average Bonchev–Trinajstić information content (AvgIpc) is 3.84. The number of fused-ring (bicyclic) bond motifs is 6. The smallest absolute Gasteiger partial charge is 0.143 e. The third-order valence-electron chi connectivity index (χ3n) is 11.2. The average molecular weight is 729 g/mol. The van der Waals surface area contributed by atoms with Crippen LogP contribution >= 0.6 is 0 Å². The number of hydrogen-bond acceptors (Lipinski definition) is 2. The minimum absolute atomic E-state index is 0.905. The number of rotatable bonds is 7. The zero-order valence-electron chi connectivity index (χ0n) is 31.1. The van der Waals surface area contributed by atoms with Crippen molar-refractivity contribution in [2.24, 2.45) is 0 Å². The number of benzene rings is 9. The molecule has 0 saturated heterocycles. The molecule has 0 unspecified atom stereocenters. The molecule has 11 rings (SSSR count). The summed E-state index contributed by atoms with van der Waals surface area (Å²) >= 11 is 0. The molecule has 0 atom stereocenters. The standard InChI is InChI=1S/C54H36N2O/c1-2-11-37(12-3-1)38-21-23-39(24-22-38)40-25-29-42(30-26-40)55(43-31-27-41(28-32-43)46-16-10-17-50-49-15-6-9-20-53(49)57-54(46)50)44-33-35-45(36-34-44)56-51-18-7-4-13-47(51)48-14-5-8-19-52(48)56/h1-36H. The lowest BCUT2D eigenvalue weighted by atomic mass is 10.00. The van der Waals surface area contributed by atoms with E-state index in [1.54, 1.807) is 0 Å². The Morgan fingerprint density at radius 1 is 0.316 bits per heavy atom. The zero-order valence-corrected chi connectivity index (χ0v) is 31.1. The van der Waals surface area contributed by atoms with Gasteiger partial charge >= 0.3 is 0 Å². The van der Waals surface area contributed by atoms with Crippen LogP contribution < -0.4 is 4.90 Å². The summed E-state index contributed by atoms with van der Waals surface area (Å²) < 4.78 is 8.78. The topological polar surface area (TPSA) is 21.3 Å². The molecular weight excluding hydrogens is 693 g/mol. The molecule has 11 aromatic rings. The Kier molecular flexibility index (Phi) is 7.82. The molecule has 0 radical (unpaired) electrons. The highest BCUT2D eigenvalue weighted by molar-refractivity contribution is 6.10. The summed E-state index contributed by atoms with van der Waals surface area (Å²) in [6.45, 7) is 0. The third kappa shape index (κ3) is 5.68. The maximum Gasteiger partial charge on any atom is 0.143 e. The third-order valence-corrected chi connectivity index (χ3v) is 11.2. The molecule has 57 heavy (non-hydrogen) atoms. The normalized spacial score (nSPS) is 11.5. The Morgan fingerprint density at radius 2 is 0.754 bits per heavy atom. The van der Waals surface area contributed by atoms with Gasteiger partial charge in [-0.1, -0.05) is 152 Å². The molecule has 0 saturated carbocycles. The number of hydrogen-bond donors (Lipinski definition) is 0. The maximum absolute atomic E-state index is 6.41. The second-order valence-corrected chi connectivity index (χ2v) is 14.5. The molecule has 0 fully saturated rings. The van der Waals surface area contributed by atoms with Crippen LogP contribution in [0, 0.1) is 0 Å². The first-order valence-corrected chi connectivity index (χ1v) is 19.4. The van der Waals surface area contributed by atoms with Crippen LogP contribution in [0.5, 0.6) is 0 Å². The lowest BCUT2D eigenvalue weighted by molar-refractivity contribution is 0.670. The Hall–Kier alpha value is -7.62. The lowest BCUT2D eigenvalue weighted by Gasteiger charge is -2.26. The molecular formula is C54H36N2O. The monoisotopic (exact) mass is 728 g/mol. The summed E-state index contributed by atoms with van der Waals surface area (Å²) in [7, 11) is 0. The fourth-order valence-electron chi connectivity index (χ4n) is 8.45. The number of anilines is 3. The quantitative estimate of drug-likeness (QED) is 0.163. The van der Waals surface area contributed by atoms with Crippen molar-refractivity contribution in [1.29, 1.82) is 0 Å².